The molecule has 2 amide bonds. The Bertz CT molecular complexity index is 492. The van der Waals surface area contributed by atoms with Crippen molar-refractivity contribution in [2.24, 2.45) is 5.92 Å². The van der Waals surface area contributed by atoms with E-state index in [1.165, 1.54) is 0 Å². The van der Waals surface area contributed by atoms with Crippen LogP contribution in [0.1, 0.15) is 18.5 Å². The van der Waals surface area contributed by atoms with Crippen LogP contribution < -0.4 is 0 Å². The molecule has 2 heterocycles. The normalized spacial score (nSPS) is 17.8. The van der Waals surface area contributed by atoms with Gasteiger partial charge in [-0.3, -0.25) is 9.78 Å². The van der Waals surface area contributed by atoms with Gasteiger partial charge in [0.15, 0.2) is 0 Å². The van der Waals surface area contributed by atoms with E-state index in [-0.39, 0.29) is 18.4 Å². The Morgan fingerprint density at radius 2 is 2.29 bits per heavy atom. The van der Waals surface area contributed by atoms with Crippen LogP contribution in [0.25, 0.3) is 0 Å². The number of carbonyl (C=O) groups is 2. The van der Waals surface area contributed by atoms with E-state index in [0.717, 1.165) is 18.5 Å². The van der Waals surface area contributed by atoms with Crippen molar-refractivity contribution in [1.29, 1.82) is 0 Å². The molecule has 0 radical (unpaired) electrons. The Kier molecular flexibility index (Phi) is 5.14. The molecule has 0 bridgehead atoms. The van der Waals surface area contributed by atoms with E-state index in [9.17, 15) is 9.59 Å². The van der Waals surface area contributed by atoms with Gasteiger partial charge in [0.1, 0.15) is 0 Å². The van der Waals surface area contributed by atoms with Crippen LogP contribution in [0.5, 0.6) is 0 Å². The molecule has 1 fully saturated rings. The highest BCUT2D eigenvalue weighted by Crippen LogP contribution is 2.20. The first-order chi connectivity index (χ1) is 10.1. The molecule has 0 aliphatic carbocycles. The van der Waals surface area contributed by atoms with Crippen LogP contribution in [0.3, 0.4) is 0 Å². The van der Waals surface area contributed by atoms with E-state index in [1.54, 1.807) is 23.0 Å². The van der Waals surface area contributed by atoms with Gasteiger partial charge in [0, 0.05) is 51.4 Å². The molecular weight excluding hydrogens is 270 g/mol. The fourth-order valence-corrected chi connectivity index (χ4v) is 2.59. The molecule has 6 nitrogen and oxygen atoms in total. The molecule has 114 valence electrons. The number of nitrogens with zero attached hydrogens (tertiary/aromatic N) is 3. The summed E-state index contributed by atoms with van der Waals surface area (Å²) in [7, 11) is 1.77. The average molecular weight is 291 g/mol. The number of aromatic nitrogens is 1. The van der Waals surface area contributed by atoms with Crippen LogP contribution >= 0.6 is 0 Å². The van der Waals surface area contributed by atoms with Crippen LogP contribution in [-0.4, -0.2) is 58.6 Å². The summed E-state index contributed by atoms with van der Waals surface area (Å²) in [5, 5.41) is 8.80. The molecule has 1 aliphatic heterocycles. The van der Waals surface area contributed by atoms with Crippen molar-refractivity contribution in [3.8, 4) is 0 Å². The van der Waals surface area contributed by atoms with E-state index >= 15 is 0 Å². The Balaban J connectivity index is 1.79. The summed E-state index contributed by atoms with van der Waals surface area (Å²) in [5.41, 5.74) is 0.960. The third-order valence-corrected chi connectivity index (χ3v) is 3.78. The van der Waals surface area contributed by atoms with E-state index in [0.29, 0.717) is 19.6 Å². The van der Waals surface area contributed by atoms with E-state index in [4.69, 9.17) is 5.11 Å². The predicted octanol–water partition coefficient (Wildman–Crippen LogP) is 1.47. The van der Waals surface area contributed by atoms with Gasteiger partial charge in [-0.2, -0.15) is 0 Å². The van der Waals surface area contributed by atoms with E-state index in [1.807, 2.05) is 18.2 Å². The van der Waals surface area contributed by atoms with Gasteiger partial charge < -0.3 is 14.9 Å². The summed E-state index contributed by atoms with van der Waals surface area (Å²) in [6.07, 6.45) is 3.37. The minimum Gasteiger partial charge on any atom is -0.481 e. The minimum absolute atomic E-state index is 0.0289. The quantitative estimate of drug-likeness (QED) is 0.891. The Labute approximate surface area is 124 Å². The number of pyridine rings is 1. The first-order valence-corrected chi connectivity index (χ1v) is 7.18. The minimum atomic E-state index is -0.794. The topological polar surface area (TPSA) is 73.7 Å². The molecule has 1 aromatic heterocycles. The molecule has 2 rings (SSSR count). The van der Waals surface area contributed by atoms with Crippen LogP contribution in [0.15, 0.2) is 24.4 Å². The van der Waals surface area contributed by atoms with Gasteiger partial charge in [-0.05, 0) is 24.5 Å². The predicted molar refractivity (Wildman–Crippen MR) is 77.9 cm³/mol. The molecule has 0 aromatic carbocycles. The number of carboxylic acids is 1. The number of hydrogen-bond acceptors (Lipinski definition) is 3. The van der Waals surface area contributed by atoms with Crippen LogP contribution in [0.2, 0.25) is 0 Å². The molecule has 1 aromatic rings. The highest BCUT2D eigenvalue weighted by molar-refractivity contribution is 5.74. The van der Waals surface area contributed by atoms with E-state index in [2.05, 4.69) is 4.98 Å². The van der Waals surface area contributed by atoms with Gasteiger partial charge in [0.05, 0.1) is 0 Å². The molecule has 1 unspecified atom stereocenters. The Hall–Kier alpha value is -2.11. The highest BCUT2D eigenvalue weighted by Gasteiger charge is 2.29. The van der Waals surface area contributed by atoms with Crippen molar-refractivity contribution in [3.63, 3.8) is 0 Å². The lowest BCUT2D eigenvalue weighted by molar-refractivity contribution is -0.138. The Morgan fingerprint density at radius 1 is 1.48 bits per heavy atom. The summed E-state index contributed by atoms with van der Waals surface area (Å²) in [6.45, 7) is 1.79. The first-order valence-electron chi connectivity index (χ1n) is 7.18. The number of likely N-dealkylation sites (N-methyl/N-ethyl adjacent to an activating group) is 1. The molecule has 21 heavy (non-hydrogen) atoms. The van der Waals surface area contributed by atoms with Crippen molar-refractivity contribution in [2.45, 2.75) is 19.3 Å². The summed E-state index contributed by atoms with van der Waals surface area (Å²) in [6, 6.07) is 5.71. The van der Waals surface area contributed by atoms with Crippen molar-refractivity contribution in [2.75, 3.05) is 26.7 Å². The SMILES string of the molecule is CN(CCc1ccccn1)C(=O)N1CCC(CC(=O)O)C1. The largest absolute Gasteiger partial charge is 0.481 e. The average Bonchev–Trinajstić information content (AvgIpc) is 2.92. The standard InChI is InChI=1S/C15H21N3O3/c1-17(8-6-13-4-2-3-7-16-13)15(21)18-9-5-12(11-18)10-14(19)20/h2-4,7,12H,5-6,8-11H2,1H3,(H,19,20). The molecular formula is C15H21N3O3. The lowest BCUT2D eigenvalue weighted by Crippen LogP contribution is -2.40. The summed E-state index contributed by atoms with van der Waals surface area (Å²) >= 11 is 0. The second-order valence-corrected chi connectivity index (χ2v) is 5.47. The van der Waals surface area contributed by atoms with Crippen molar-refractivity contribution >= 4 is 12.0 Å². The zero-order valence-corrected chi connectivity index (χ0v) is 12.2. The Morgan fingerprint density at radius 3 is 2.95 bits per heavy atom. The monoisotopic (exact) mass is 291 g/mol. The zero-order chi connectivity index (χ0) is 15.2. The van der Waals surface area contributed by atoms with E-state index < -0.39 is 5.97 Å². The van der Waals surface area contributed by atoms with Crippen molar-refractivity contribution < 1.29 is 14.7 Å². The maximum atomic E-state index is 12.3. The van der Waals surface area contributed by atoms with Crippen molar-refractivity contribution in [1.82, 2.24) is 14.8 Å². The molecule has 1 N–H and O–H groups in total. The number of likely N-dealkylation sites (tertiary alicyclic amines) is 1. The lowest BCUT2D eigenvalue weighted by Gasteiger charge is -2.24. The molecule has 1 atom stereocenters. The summed E-state index contributed by atoms with van der Waals surface area (Å²) in [5.74, 6) is -0.714. The number of carbonyl (C=O) groups excluding carboxylic acids is 1. The fraction of sp³-hybridized carbons (Fsp3) is 0.533. The first kappa shape index (κ1) is 15.3. The molecule has 6 heteroatoms. The maximum absolute atomic E-state index is 12.3. The lowest BCUT2D eigenvalue weighted by atomic mass is 10.1. The number of urea groups is 1. The second kappa shape index (κ2) is 7.06. The van der Waals surface area contributed by atoms with Gasteiger partial charge in [0.2, 0.25) is 0 Å². The zero-order valence-electron chi connectivity index (χ0n) is 12.2. The highest BCUT2D eigenvalue weighted by atomic mass is 16.4. The van der Waals surface area contributed by atoms with Crippen LogP contribution in [-0.2, 0) is 11.2 Å². The van der Waals surface area contributed by atoms with Gasteiger partial charge in [-0.1, -0.05) is 6.07 Å². The fourth-order valence-electron chi connectivity index (χ4n) is 2.59. The van der Waals surface area contributed by atoms with Crippen LogP contribution in [0.4, 0.5) is 4.79 Å². The number of aliphatic carboxylic acids is 1. The smallest absolute Gasteiger partial charge is 0.319 e. The molecule has 0 spiro atoms. The van der Waals surface area contributed by atoms with Gasteiger partial charge in [-0.25, -0.2) is 4.79 Å². The van der Waals surface area contributed by atoms with Crippen molar-refractivity contribution in [3.05, 3.63) is 30.1 Å². The molecule has 1 aliphatic rings. The third-order valence-electron chi connectivity index (χ3n) is 3.78. The number of carboxylic acid groups (broad SMARTS) is 1. The summed E-state index contributed by atoms with van der Waals surface area (Å²) < 4.78 is 0. The van der Waals surface area contributed by atoms with Gasteiger partial charge in [0.25, 0.3) is 0 Å². The van der Waals surface area contributed by atoms with Gasteiger partial charge in [-0.15, -0.1) is 0 Å². The molecule has 0 saturated carbocycles. The van der Waals surface area contributed by atoms with Gasteiger partial charge >= 0.3 is 12.0 Å². The second-order valence-electron chi connectivity index (χ2n) is 5.47. The number of rotatable bonds is 5. The number of hydrogen-bond donors (Lipinski definition) is 1. The molecule has 1 saturated heterocycles. The van der Waals surface area contributed by atoms with Crippen LogP contribution in [0, 0.1) is 5.92 Å². The third kappa shape index (κ3) is 4.44. The summed E-state index contributed by atoms with van der Waals surface area (Å²) in [4.78, 5) is 30.6. The number of amides is 2. The maximum Gasteiger partial charge on any atom is 0.319 e.